The number of carbonyl (C=O) groups excluding carboxylic acids is 1. The Labute approximate surface area is 174 Å². The molecule has 9 heteroatoms. The van der Waals surface area contributed by atoms with Crippen molar-refractivity contribution in [2.24, 2.45) is 5.92 Å². The predicted molar refractivity (Wildman–Crippen MR) is 117 cm³/mol. The Bertz CT molecular complexity index is 1230. The molecule has 0 bridgehead atoms. The maximum atomic E-state index is 12.8. The summed E-state index contributed by atoms with van der Waals surface area (Å²) in [6.45, 7) is 3.87. The summed E-state index contributed by atoms with van der Waals surface area (Å²) >= 11 is 0. The molecule has 0 saturated carbocycles. The van der Waals surface area contributed by atoms with Gasteiger partial charge in [-0.1, -0.05) is 26.0 Å². The molecule has 3 rings (SSSR count). The lowest BCUT2D eigenvalue weighted by molar-refractivity contribution is -0.116. The van der Waals surface area contributed by atoms with E-state index in [1.165, 1.54) is 24.3 Å². The number of anilines is 3. The Balaban J connectivity index is 1.89. The van der Waals surface area contributed by atoms with Crippen molar-refractivity contribution in [3.63, 3.8) is 0 Å². The molecule has 3 aromatic rings. The number of benzene rings is 2. The van der Waals surface area contributed by atoms with E-state index in [-0.39, 0.29) is 22.4 Å². The van der Waals surface area contributed by atoms with Crippen LogP contribution in [0.4, 0.5) is 17.1 Å². The van der Waals surface area contributed by atoms with Gasteiger partial charge in [0.05, 0.1) is 10.6 Å². The lowest BCUT2D eigenvalue weighted by Crippen LogP contribution is -2.20. The lowest BCUT2D eigenvalue weighted by Gasteiger charge is -2.13. The minimum absolute atomic E-state index is 0.0565. The highest BCUT2D eigenvalue weighted by Crippen LogP contribution is 2.29. The molecule has 1 amide bonds. The van der Waals surface area contributed by atoms with Gasteiger partial charge in [0.25, 0.3) is 10.0 Å². The summed E-state index contributed by atoms with van der Waals surface area (Å²) in [4.78, 5) is 24.2. The van der Waals surface area contributed by atoms with Gasteiger partial charge in [0.15, 0.2) is 5.69 Å². The van der Waals surface area contributed by atoms with Crippen LogP contribution in [-0.4, -0.2) is 21.4 Å². The summed E-state index contributed by atoms with van der Waals surface area (Å²) in [5.41, 5.74) is 0.143. The smallest absolute Gasteiger partial charge is 0.363 e. The molecule has 3 N–H and O–H groups in total. The molecule has 2 aromatic carbocycles. The third-order valence-electron chi connectivity index (χ3n) is 4.34. The quantitative estimate of drug-likeness (QED) is 0.494. The van der Waals surface area contributed by atoms with Gasteiger partial charge < -0.3 is 15.1 Å². The third kappa shape index (κ3) is 4.62. The van der Waals surface area contributed by atoms with E-state index in [4.69, 9.17) is 4.42 Å². The second-order valence-electron chi connectivity index (χ2n) is 7.16. The Hall–Kier alpha value is -3.33. The molecule has 1 aromatic heterocycles. The van der Waals surface area contributed by atoms with Gasteiger partial charge in [0.2, 0.25) is 5.91 Å². The zero-order chi connectivity index (χ0) is 21.9. The number of amides is 1. The van der Waals surface area contributed by atoms with E-state index in [9.17, 15) is 18.0 Å². The first-order valence-electron chi connectivity index (χ1n) is 9.37. The van der Waals surface area contributed by atoms with Gasteiger partial charge in [0, 0.05) is 24.5 Å². The monoisotopic (exact) mass is 429 g/mol. The molecule has 0 saturated heterocycles. The number of carbonyl (C=O) groups is 1. The molecule has 0 unspecified atom stereocenters. The van der Waals surface area contributed by atoms with Crippen LogP contribution in [0.5, 0.6) is 0 Å². The van der Waals surface area contributed by atoms with E-state index in [1.54, 1.807) is 31.3 Å². The molecular weight excluding hydrogens is 406 g/mol. The SMILES string of the molecule is CNc1c(NS(=O)(=O)c2ccc(NC(=O)CC(C)C)cc2)c(=O)oc2ccccc12. The van der Waals surface area contributed by atoms with Crippen molar-refractivity contribution in [3.05, 3.63) is 59.0 Å². The summed E-state index contributed by atoms with van der Waals surface area (Å²) in [6.07, 6.45) is 0.367. The Kier molecular flexibility index (Phi) is 6.12. The van der Waals surface area contributed by atoms with Crippen LogP contribution in [-0.2, 0) is 14.8 Å². The van der Waals surface area contributed by atoms with Crippen molar-refractivity contribution in [2.45, 2.75) is 25.2 Å². The van der Waals surface area contributed by atoms with Crippen LogP contribution in [0.15, 0.2) is 62.6 Å². The molecule has 0 aliphatic rings. The van der Waals surface area contributed by atoms with Gasteiger partial charge in [-0.05, 0) is 42.3 Å². The average molecular weight is 429 g/mol. The van der Waals surface area contributed by atoms with E-state index in [0.717, 1.165) is 0 Å². The summed E-state index contributed by atoms with van der Waals surface area (Å²) < 4.78 is 33.2. The van der Waals surface area contributed by atoms with Crippen molar-refractivity contribution < 1.29 is 17.6 Å². The Morgan fingerprint density at radius 2 is 1.70 bits per heavy atom. The molecule has 1 heterocycles. The molecule has 0 aliphatic heterocycles. The molecular formula is C21H23N3O5S. The number of rotatable bonds is 7. The van der Waals surface area contributed by atoms with Crippen molar-refractivity contribution in [3.8, 4) is 0 Å². The summed E-state index contributed by atoms with van der Waals surface area (Å²) in [7, 11) is -2.47. The van der Waals surface area contributed by atoms with Crippen molar-refractivity contribution in [1.29, 1.82) is 0 Å². The van der Waals surface area contributed by atoms with Crippen LogP contribution >= 0.6 is 0 Å². The number of hydrogen-bond acceptors (Lipinski definition) is 6. The van der Waals surface area contributed by atoms with E-state index in [0.29, 0.717) is 28.8 Å². The highest BCUT2D eigenvalue weighted by Gasteiger charge is 2.21. The Morgan fingerprint density at radius 3 is 2.33 bits per heavy atom. The number of nitrogens with one attached hydrogen (secondary N) is 3. The zero-order valence-electron chi connectivity index (χ0n) is 16.9. The lowest BCUT2D eigenvalue weighted by atomic mass is 10.1. The second-order valence-corrected chi connectivity index (χ2v) is 8.84. The number of sulfonamides is 1. The average Bonchev–Trinajstić information content (AvgIpc) is 2.68. The first kappa shape index (κ1) is 21.4. The fraction of sp³-hybridized carbons (Fsp3) is 0.238. The first-order chi connectivity index (χ1) is 14.2. The summed E-state index contributed by atoms with van der Waals surface area (Å²) in [5, 5.41) is 6.16. The van der Waals surface area contributed by atoms with Crippen molar-refractivity contribution >= 4 is 44.0 Å². The van der Waals surface area contributed by atoms with Gasteiger partial charge in [0.1, 0.15) is 5.58 Å². The number of hydrogen-bond donors (Lipinski definition) is 3. The maximum absolute atomic E-state index is 12.8. The zero-order valence-corrected chi connectivity index (χ0v) is 17.7. The van der Waals surface area contributed by atoms with Crippen LogP contribution in [0.3, 0.4) is 0 Å². The van der Waals surface area contributed by atoms with Crippen LogP contribution in [0.2, 0.25) is 0 Å². The van der Waals surface area contributed by atoms with Gasteiger partial charge in [-0.3, -0.25) is 9.52 Å². The minimum Gasteiger partial charge on any atom is -0.421 e. The van der Waals surface area contributed by atoms with Gasteiger partial charge in [-0.2, -0.15) is 0 Å². The maximum Gasteiger partial charge on any atom is 0.363 e. The molecule has 0 spiro atoms. The summed E-state index contributed by atoms with van der Waals surface area (Å²) in [6, 6.07) is 12.5. The molecule has 30 heavy (non-hydrogen) atoms. The molecule has 0 atom stereocenters. The molecule has 0 fully saturated rings. The fourth-order valence-electron chi connectivity index (χ4n) is 3.00. The largest absolute Gasteiger partial charge is 0.421 e. The van der Waals surface area contributed by atoms with Gasteiger partial charge >= 0.3 is 5.63 Å². The summed E-state index contributed by atoms with van der Waals surface area (Å²) in [5.74, 6) is 0.0649. The van der Waals surface area contributed by atoms with Crippen LogP contribution < -0.4 is 21.0 Å². The van der Waals surface area contributed by atoms with Crippen LogP contribution in [0, 0.1) is 5.92 Å². The second kappa shape index (κ2) is 8.58. The van der Waals surface area contributed by atoms with Gasteiger partial charge in [-0.25, -0.2) is 13.2 Å². The Morgan fingerprint density at radius 1 is 1.03 bits per heavy atom. The molecule has 8 nitrogen and oxygen atoms in total. The third-order valence-corrected chi connectivity index (χ3v) is 5.71. The fourth-order valence-corrected chi connectivity index (χ4v) is 4.06. The van der Waals surface area contributed by atoms with E-state index >= 15 is 0 Å². The normalized spacial score (nSPS) is 11.5. The predicted octanol–water partition coefficient (Wildman–Crippen LogP) is 3.62. The van der Waals surface area contributed by atoms with Crippen LogP contribution in [0.1, 0.15) is 20.3 Å². The number of para-hydroxylation sites is 1. The molecule has 0 radical (unpaired) electrons. The highest BCUT2D eigenvalue weighted by molar-refractivity contribution is 7.92. The highest BCUT2D eigenvalue weighted by atomic mass is 32.2. The van der Waals surface area contributed by atoms with Crippen LogP contribution in [0.25, 0.3) is 11.0 Å². The van der Waals surface area contributed by atoms with Crippen molar-refractivity contribution in [1.82, 2.24) is 0 Å². The topological polar surface area (TPSA) is 118 Å². The van der Waals surface area contributed by atoms with E-state index in [1.807, 2.05) is 13.8 Å². The molecule has 0 aliphatic carbocycles. The molecule has 158 valence electrons. The van der Waals surface area contributed by atoms with E-state index in [2.05, 4.69) is 15.4 Å². The minimum atomic E-state index is -4.06. The van der Waals surface area contributed by atoms with Gasteiger partial charge in [-0.15, -0.1) is 0 Å². The number of fused-ring (bicyclic) bond motifs is 1. The van der Waals surface area contributed by atoms with E-state index < -0.39 is 15.6 Å². The van der Waals surface area contributed by atoms with Crippen molar-refractivity contribution in [2.75, 3.05) is 22.4 Å². The first-order valence-corrected chi connectivity index (χ1v) is 10.9. The standard InChI is InChI=1S/C21H23N3O5S/c1-13(2)12-18(25)23-14-8-10-15(11-9-14)30(27,28)24-20-19(22-3)16-6-4-5-7-17(16)29-21(20)26/h4-11,13,22,24H,12H2,1-3H3,(H,23,25).